The summed E-state index contributed by atoms with van der Waals surface area (Å²) >= 11 is 0. The molecule has 2 aliphatic rings. The monoisotopic (exact) mass is 318 g/mol. The molecule has 0 saturated carbocycles. The molecule has 2 aliphatic heterocycles. The number of nitrogens with zero attached hydrogens (tertiary/aromatic N) is 2. The first-order chi connectivity index (χ1) is 9.78. The van der Waals surface area contributed by atoms with Crippen molar-refractivity contribution in [2.45, 2.75) is 38.6 Å². The Morgan fingerprint density at radius 2 is 1.90 bits per heavy atom. The summed E-state index contributed by atoms with van der Waals surface area (Å²) in [6.45, 7) is 6.83. The van der Waals surface area contributed by atoms with Crippen LogP contribution in [0.1, 0.15) is 33.1 Å². The molecule has 0 radical (unpaired) electrons. The van der Waals surface area contributed by atoms with Gasteiger partial charge in [-0.1, -0.05) is 6.92 Å². The van der Waals surface area contributed by atoms with E-state index in [1.807, 2.05) is 4.90 Å². The van der Waals surface area contributed by atoms with E-state index in [0.29, 0.717) is 45.7 Å². The Labute approximate surface area is 127 Å². The van der Waals surface area contributed by atoms with Crippen LogP contribution in [0.4, 0.5) is 0 Å². The summed E-state index contributed by atoms with van der Waals surface area (Å²) in [5, 5.41) is 0. The smallest absolute Gasteiger partial charge is 0.226 e. The van der Waals surface area contributed by atoms with E-state index in [-0.39, 0.29) is 17.4 Å². The van der Waals surface area contributed by atoms with Crippen LogP contribution < -0.4 is 0 Å². The SMILES string of the molecule is CCC1(C)COCCN1C(=O)C1CCN(S(C)(=O)=O)CC1. The summed E-state index contributed by atoms with van der Waals surface area (Å²) in [5.74, 6) is 0.0998. The van der Waals surface area contributed by atoms with Crippen LogP contribution in [-0.4, -0.2) is 68.2 Å². The van der Waals surface area contributed by atoms with Crippen molar-refractivity contribution in [3.63, 3.8) is 0 Å². The van der Waals surface area contributed by atoms with Crippen molar-refractivity contribution in [2.75, 3.05) is 39.1 Å². The number of hydrogen-bond acceptors (Lipinski definition) is 4. The lowest BCUT2D eigenvalue weighted by atomic mass is 9.90. The average molecular weight is 318 g/mol. The number of carbonyl (C=O) groups is 1. The summed E-state index contributed by atoms with van der Waals surface area (Å²) < 4.78 is 30.0. The van der Waals surface area contributed by atoms with Gasteiger partial charge < -0.3 is 9.64 Å². The van der Waals surface area contributed by atoms with Crippen molar-refractivity contribution < 1.29 is 17.9 Å². The van der Waals surface area contributed by atoms with Crippen molar-refractivity contribution in [1.29, 1.82) is 0 Å². The van der Waals surface area contributed by atoms with Crippen molar-refractivity contribution in [2.24, 2.45) is 5.92 Å². The third-order valence-electron chi connectivity index (χ3n) is 4.82. The van der Waals surface area contributed by atoms with E-state index in [4.69, 9.17) is 4.74 Å². The molecule has 0 aliphatic carbocycles. The molecule has 2 rings (SSSR count). The molecular formula is C14H26N2O4S. The van der Waals surface area contributed by atoms with Crippen LogP contribution in [0.5, 0.6) is 0 Å². The van der Waals surface area contributed by atoms with Crippen LogP contribution in [0.3, 0.4) is 0 Å². The molecule has 1 amide bonds. The summed E-state index contributed by atoms with van der Waals surface area (Å²) in [6.07, 6.45) is 3.32. The molecule has 0 spiro atoms. The fourth-order valence-electron chi connectivity index (χ4n) is 3.12. The van der Waals surface area contributed by atoms with Gasteiger partial charge in [0, 0.05) is 25.6 Å². The molecule has 1 unspecified atom stereocenters. The van der Waals surface area contributed by atoms with E-state index in [9.17, 15) is 13.2 Å². The maximum atomic E-state index is 12.8. The van der Waals surface area contributed by atoms with Gasteiger partial charge in [0.05, 0.1) is 25.0 Å². The number of hydrogen-bond donors (Lipinski definition) is 0. The van der Waals surface area contributed by atoms with Gasteiger partial charge >= 0.3 is 0 Å². The first-order valence-corrected chi connectivity index (χ1v) is 9.47. The summed E-state index contributed by atoms with van der Waals surface area (Å²) in [7, 11) is -3.14. The van der Waals surface area contributed by atoms with Gasteiger partial charge in [-0.3, -0.25) is 4.79 Å². The zero-order valence-electron chi connectivity index (χ0n) is 13.2. The topological polar surface area (TPSA) is 66.9 Å². The van der Waals surface area contributed by atoms with Gasteiger partial charge in [0.25, 0.3) is 0 Å². The molecule has 122 valence electrons. The highest BCUT2D eigenvalue weighted by Gasteiger charge is 2.40. The maximum absolute atomic E-state index is 12.8. The molecule has 0 aromatic heterocycles. The normalized spacial score (nSPS) is 29.6. The number of amides is 1. The van der Waals surface area contributed by atoms with Crippen molar-refractivity contribution in [3.05, 3.63) is 0 Å². The fraction of sp³-hybridized carbons (Fsp3) is 0.929. The van der Waals surface area contributed by atoms with Gasteiger partial charge in [0.15, 0.2) is 0 Å². The van der Waals surface area contributed by atoms with E-state index in [2.05, 4.69) is 13.8 Å². The predicted molar refractivity (Wildman–Crippen MR) is 80.4 cm³/mol. The third kappa shape index (κ3) is 3.57. The minimum atomic E-state index is -3.14. The predicted octanol–water partition coefficient (Wildman–Crippen LogP) is 0.686. The summed E-state index contributed by atoms with van der Waals surface area (Å²) in [6, 6.07) is 0. The molecule has 1 atom stereocenters. The summed E-state index contributed by atoms with van der Waals surface area (Å²) in [4.78, 5) is 14.7. The summed E-state index contributed by atoms with van der Waals surface area (Å²) in [5.41, 5.74) is -0.233. The van der Waals surface area contributed by atoms with E-state index >= 15 is 0 Å². The molecule has 6 nitrogen and oxygen atoms in total. The van der Waals surface area contributed by atoms with Crippen LogP contribution in [0.15, 0.2) is 0 Å². The Hall–Kier alpha value is -0.660. The van der Waals surface area contributed by atoms with Gasteiger partial charge in [-0.15, -0.1) is 0 Å². The molecule has 0 bridgehead atoms. The molecule has 0 aromatic rings. The second kappa shape index (κ2) is 6.22. The van der Waals surface area contributed by atoms with E-state index < -0.39 is 10.0 Å². The largest absolute Gasteiger partial charge is 0.377 e. The van der Waals surface area contributed by atoms with Crippen LogP contribution in [0, 0.1) is 5.92 Å². The van der Waals surface area contributed by atoms with Crippen LogP contribution in [0.2, 0.25) is 0 Å². The first kappa shape index (κ1) is 16.7. The number of morpholine rings is 1. The van der Waals surface area contributed by atoms with E-state index in [1.54, 1.807) is 0 Å². The van der Waals surface area contributed by atoms with Crippen LogP contribution >= 0.6 is 0 Å². The van der Waals surface area contributed by atoms with Gasteiger partial charge in [-0.25, -0.2) is 12.7 Å². The third-order valence-corrected chi connectivity index (χ3v) is 6.13. The minimum Gasteiger partial charge on any atom is -0.377 e. The molecular weight excluding hydrogens is 292 g/mol. The molecule has 7 heteroatoms. The van der Waals surface area contributed by atoms with E-state index in [0.717, 1.165) is 6.42 Å². The molecule has 2 saturated heterocycles. The minimum absolute atomic E-state index is 0.0630. The number of piperidine rings is 1. The molecule has 21 heavy (non-hydrogen) atoms. The zero-order chi connectivity index (χ0) is 15.7. The Balaban J connectivity index is 2.01. The first-order valence-electron chi connectivity index (χ1n) is 7.62. The molecule has 0 N–H and O–H groups in total. The lowest BCUT2D eigenvalue weighted by Gasteiger charge is -2.46. The van der Waals surface area contributed by atoms with Crippen molar-refractivity contribution >= 4 is 15.9 Å². The van der Waals surface area contributed by atoms with Crippen molar-refractivity contribution in [3.8, 4) is 0 Å². The van der Waals surface area contributed by atoms with Gasteiger partial charge in [-0.2, -0.15) is 0 Å². The van der Waals surface area contributed by atoms with Crippen molar-refractivity contribution in [1.82, 2.24) is 9.21 Å². The lowest BCUT2D eigenvalue weighted by Crippen LogP contribution is -2.59. The van der Waals surface area contributed by atoms with Gasteiger partial charge in [0.1, 0.15) is 0 Å². The number of carbonyl (C=O) groups excluding carboxylic acids is 1. The Bertz CT molecular complexity index is 485. The highest BCUT2D eigenvalue weighted by molar-refractivity contribution is 7.88. The Morgan fingerprint density at radius 1 is 1.29 bits per heavy atom. The van der Waals surface area contributed by atoms with Gasteiger partial charge in [0.2, 0.25) is 15.9 Å². The second-order valence-corrected chi connectivity index (χ2v) is 8.31. The van der Waals surface area contributed by atoms with E-state index in [1.165, 1.54) is 10.6 Å². The second-order valence-electron chi connectivity index (χ2n) is 6.33. The Morgan fingerprint density at radius 3 is 2.43 bits per heavy atom. The fourth-order valence-corrected chi connectivity index (χ4v) is 3.99. The number of rotatable bonds is 3. The average Bonchev–Trinajstić information content (AvgIpc) is 2.46. The highest BCUT2D eigenvalue weighted by atomic mass is 32.2. The number of sulfonamides is 1. The highest BCUT2D eigenvalue weighted by Crippen LogP contribution is 2.29. The standard InChI is InChI=1S/C14H26N2O4S/c1-4-14(2)11-20-10-9-16(14)13(17)12-5-7-15(8-6-12)21(3,18)19/h12H,4-11H2,1-3H3. The quantitative estimate of drug-likeness (QED) is 0.768. The lowest BCUT2D eigenvalue weighted by molar-refractivity contribution is -0.153. The molecule has 2 fully saturated rings. The molecule has 0 aromatic carbocycles. The van der Waals surface area contributed by atoms with Crippen LogP contribution in [0.25, 0.3) is 0 Å². The Kier molecular flexibility index (Phi) is 4.95. The molecule has 2 heterocycles. The maximum Gasteiger partial charge on any atom is 0.226 e. The number of ether oxygens (including phenoxy) is 1. The zero-order valence-corrected chi connectivity index (χ0v) is 14.0. The van der Waals surface area contributed by atoms with Gasteiger partial charge in [-0.05, 0) is 26.2 Å². The van der Waals surface area contributed by atoms with Crippen LogP contribution in [-0.2, 0) is 19.6 Å².